The third-order valence-electron chi connectivity index (χ3n) is 1.95. The van der Waals surface area contributed by atoms with Crippen LogP contribution in [0.2, 0.25) is 5.02 Å². The van der Waals surface area contributed by atoms with E-state index in [-0.39, 0.29) is 0 Å². The summed E-state index contributed by atoms with van der Waals surface area (Å²) >= 11 is 7.87. The maximum Gasteiger partial charge on any atom is 0.0620 e. The second-order valence-corrected chi connectivity index (χ2v) is 4.61. The van der Waals surface area contributed by atoms with Gasteiger partial charge in [0.15, 0.2) is 0 Å². The molecule has 0 aliphatic carbocycles. The van der Waals surface area contributed by atoms with Gasteiger partial charge in [0.1, 0.15) is 0 Å². The van der Waals surface area contributed by atoms with E-state index in [1.807, 2.05) is 0 Å². The SMILES string of the molecule is Cc1ccc2c(Cl)c(C)sc2c1. The fourth-order valence-electron chi connectivity index (χ4n) is 1.29. The molecule has 0 spiro atoms. The van der Waals surface area contributed by atoms with Crippen LogP contribution in [0.5, 0.6) is 0 Å². The Morgan fingerprint density at radius 2 is 2.00 bits per heavy atom. The lowest BCUT2D eigenvalue weighted by atomic mass is 10.2. The molecule has 0 aliphatic heterocycles. The Morgan fingerprint density at radius 1 is 1.25 bits per heavy atom. The monoisotopic (exact) mass is 196 g/mol. The minimum Gasteiger partial charge on any atom is -0.139 e. The average Bonchev–Trinajstić information content (AvgIpc) is 2.28. The van der Waals surface area contributed by atoms with Crippen molar-refractivity contribution in [1.29, 1.82) is 0 Å². The number of hydrogen-bond donors (Lipinski definition) is 0. The van der Waals surface area contributed by atoms with Gasteiger partial charge in [0.25, 0.3) is 0 Å². The molecule has 12 heavy (non-hydrogen) atoms. The van der Waals surface area contributed by atoms with Crippen molar-refractivity contribution in [3.05, 3.63) is 33.7 Å². The van der Waals surface area contributed by atoms with E-state index >= 15 is 0 Å². The van der Waals surface area contributed by atoms with E-state index in [0.717, 1.165) is 5.02 Å². The van der Waals surface area contributed by atoms with Crippen LogP contribution in [0.25, 0.3) is 10.1 Å². The molecule has 62 valence electrons. The number of aryl methyl sites for hydroxylation is 2. The van der Waals surface area contributed by atoms with Gasteiger partial charge in [-0.15, -0.1) is 11.3 Å². The van der Waals surface area contributed by atoms with Gasteiger partial charge in [0, 0.05) is 15.0 Å². The molecule has 2 aromatic rings. The smallest absolute Gasteiger partial charge is 0.0620 e. The van der Waals surface area contributed by atoms with Crippen LogP contribution < -0.4 is 0 Å². The van der Waals surface area contributed by atoms with Crippen LogP contribution in [0.3, 0.4) is 0 Å². The van der Waals surface area contributed by atoms with Gasteiger partial charge in [-0.1, -0.05) is 23.7 Å². The quantitative estimate of drug-likeness (QED) is 0.593. The Hall–Kier alpha value is -0.530. The highest BCUT2D eigenvalue weighted by molar-refractivity contribution is 7.19. The van der Waals surface area contributed by atoms with Crippen LogP contribution in [0.1, 0.15) is 10.4 Å². The van der Waals surface area contributed by atoms with Gasteiger partial charge in [-0.2, -0.15) is 0 Å². The Balaban J connectivity index is 2.87. The first-order chi connectivity index (χ1) is 5.68. The number of thiophene rings is 1. The van der Waals surface area contributed by atoms with Crippen LogP contribution in [0, 0.1) is 13.8 Å². The van der Waals surface area contributed by atoms with Crippen LogP contribution in [-0.2, 0) is 0 Å². The molecule has 0 N–H and O–H groups in total. The summed E-state index contributed by atoms with van der Waals surface area (Å²) in [6.07, 6.45) is 0. The molecule has 0 aliphatic rings. The lowest BCUT2D eigenvalue weighted by Crippen LogP contribution is -1.68. The number of hydrogen-bond acceptors (Lipinski definition) is 1. The molecule has 1 heterocycles. The van der Waals surface area contributed by atoms with Crippen LogP contribution in [0.15, 0.2) is 18.2 Å². The Morgan fingerprint density at radius 3 is 2.75 bits per heavy atom. The number of benzene rings is 1. The van der Waals surface area contributed by atoms with Crippen LogP contribution in [-0.4, -0.2) is 0 Å². The molecule has 0 fully saturated rings. The Bertz CT molecular complexity index is 429. The van der Waals surface area contributed by atoms with Crippen molar-refractivity contribution in [2.24, 2.45) is 0 Å². The van der Waals surface area contributed by atoms with Crippen molar-refractivity contribution < 1.29 is 0 Å². The first kappa shape index (κ1) is 8.09. The summed E-state index contributed by atoms with van der Waals surface area (Å²) in [6.45, 7) is 4.16. The lowest BCUT2D eigenvalue weighted by molar-refractivity contribution is 1.52. The molecular formula is C10H9ClS. The highest BCUT2D eigenvalue weighted by Crippen LogP contribution is 2.34. The molecule has 1 aromatic heterocycles. The van der Waals surface area contributed by atoms with E-state index in [1.54, 1.807) is 11.3 Å². The fourth-order valence-corrected chi connectivity index (χ4v) is 2.69. The van der Waals surface area contributed by atoms with E-state index in [2.05, 4.69) is 32.0 Å². The topological polar surface area (TPSA) is 0 Å². The number of fused-ring (bicyclic) bond motifs is 1. The van der Waals surface area contributed by atoms with E-state index < -0.39 is 0 Å². The molecule has 0 atom stereocenters. The van der Waals surface area contributed by atoms with E-state index in [9.17, 15) is 0 Å². The van der Waals surface area contributed by atoms with Crippen LogP contribution in [0.4, 0.5) is 0 Å². The highest BCUT2D eigenvalue weighted by Gasteiger charge is 2.05. The summed E-state index contributed by atoms with van der Waals surface area (Å²) in [4.78, 5) is 1.21. The maximum absolute atomic E-state index is 6.10. The van der Waals surface area contributed by atoms with Crippen LogP contribution >= 0.6 is 22.9 Å². The van der Waals surface area contributed by atoms with Gasteiger partial charge < -0.3 is 0 Å². The molecule has 1 aromatic carbocycles. The zero-order chi connectivity index (χ0) is 8.72. The Kier molecular flexibility index (Phi) is 1.85. The van der Waals surface area contributed by atoms with Gasteiger partial charge in [0.2, 0.25) is 0 Å². The molecule has 0 radical (unpaired) electrons. The standard InChI is InChI=1S/C10H9ClS/c1-6-3-4-8-9(5-6)12-7(2)10(8)11/h3-5H,1-2H3. The summed E-state index contributed by atoms with van der Waals surface area (Å²) in [5, 5.41) is 2.10. The molecule has 0 saturated heterocycles. The first-order valence-corrected chi connectivity index (χ1v) is 5.03. The summed E-state index contributed by atoms with van der Waals surface area (Å²) < 4.78 is 1.29. The fraction of sp³-hybridized carbons (Fsp3) is 0.200. The number of halogens is 1. The zero-order valence-corrected chi connectivity index (χ0v) is 8.59. The van der Waals surface area contributed by atoms with Crippen molar-refractivity contribution >= 4 is 33.0 Å². The van der Waals surface area contributed by atoms with E-state index in [0.29, 0.717) is 0 Å². The van der Waals surface area contributed by atoms with Crippen molar-refractivity contribution in [3.8, 4) is 0 Å². The molecule has 2 rings (SSSR count). The molecular weight excluding hydrogens is 188 g/mol. The second kappa shape index (κ2) is 2.75. The minimum absolute atomic E-state index is 0.912. The third-order valence-corrected chi connectivity index (χ3v) is 3.61. The Labute approximate surface area is 80.8 Å². The van der Waals surface area contributed by atoms with Gasteiger partial charge in [0.05, 0.1) is 5.02 Å². The summed E-state index contributed by atoms with van der Waals surface area (Å²) in [5.74, 6) is 0. The molecule has 2 heteroatoms. The predicted octanol–water partition coefficient (Wildman–Crippen LogP) is 4.17. The maximum atomic E-state index is 6.10. The highest BCUT2D eigenvalue weighted by atomic mass is 35.5. The summed E-state index contributed by atoms with van der Waals surface area (Å²) in [7, 11) is 0. The predicted molar refractivity (Wildman–Crippen MR) is 56.3 cm³/mol. The molecule has 0 nitrogen and oxygen atoms in total. The second-order valence-electron chi connectivity index (χ2n) is 2.97. The van der Waals surface area contributed by atoms with Crippen molar-refractivity contribution in [2.45, 2.75) is 13.8 Å². The van der Waals surface area contributed by atoms with Gasteiger partial charge >= 0.3 is 0 Å². The third kappa shape index (κ3) is 1.13. The minimum atomic E-state index is 0.912. The molecule has 0 saturated carbocycles. The average molecular weight is 197 g/mol. The zero-order valence-electron chi connectivity index (χ0n) is 7.02. The van der Waals surface area contributed by atoms with Gasteiger partial charge in [-0.3, -0.25) is 0 Å². The summed E-state index contributed by atoms with van der Waals surface area (Å²) in [6, 6.07) is 6.37. The van der Waals surface area contributed by atoms with E-state index in [4.69, 9.17) is 11.6 Å². The lowest BCUT2D eigenvalue weighted by Gasteiger charge is -1.91. The summed E-state index contributed by atoms with van der Waals surface area (Å²) in [5.41, 5.74) is 1.29. The van der Waals surface area contributed by atoms with Crippen molar-refractivity contribution in [1.82, 2.24) is 0 Å². The van der Waals surface area contributed by atoms with Gasteiger partial charge in [-0.25, -0.2) is 0 Å². The first-order valence-electron chi connectivity index (χ1n) is 3.84. The van der Waals surface area contributed by atoms with Crippen molar-refractivity contribution in [2.75, 3.05) is 0 Å². The number of rotatable bonds is 0. The molecule has 0 unspecified atom stereocenters. The molecule has 0 bridgehead atoms. The normalized spacial score (nSPS) is 10.9. The largest absolute Gasteiger partial charge is 0.139 e. The molecule has 0 amide bonds. The van der Waals surface area contributed by atoms with Gasteiger partial charge in [-0.05, 0) is 25.5 Å². The van der Waals surface area contributed by atoms with E-state index in [1.165, 1.54) is 20.5 Å². The van der Waals surface area contributed by atoms with Crippen molar-refractivity contribution in [3.63, 3.8) is 0 Å².